The van der Waals surface area contributed by atoms with Crippen molar-refractivity contribution in [3.8, 4) is 11.4 Å². The molecule has 1 N–H and O–H groups in total. The van der Waals surface area contributed by atoms with Gasteiger partial charge in [-0.3, -0.25) is 0 Å². The zero-order valence-electron chi connectivity index (χ0n) is 13.2. The molecule has 0 amide bonds. The van der Waals surface area contributed by atoms with Crippen molar-refractivity contribution in [1.29, 1.82) is 0 Å². The molecule has 0 bridgehead atoms. The number of anilines is 1. The minimum Gasteiger partial charge on any atom is -0.619 e. The number of aromatic nitrogens is 3. The molecule has 2 aromatic heterocycles. The molecular formula is C18H17BrN4O. The van der Waals surface area contributed by atoms with Crippen molar-refractivity contribution in [2.75, 3.05) is 11.9 Å². The minimum atomic E-state index is 0.706. The average Bonchev–Trinajstić information content (AvgIpc) is 2.57. The van der Waals surface area contributed by atoms with Gasteiger partial charge in [-0.1, -0.05) is 28.1 Å². The molecule has 6 heteroatoms. The summed E-state index contributed by atoms with van der Waals surface area (Å²) in [6, 6.07) is 13.5. The summed E-state index contributed by atoms with van der Waals surface area (Å²) in [5.41, 5.74) is 3.00. The molecular weight excluding hydrogens is 368 g/mol. The van der Waals surface area contributed by atoms with E-state index in [1.54, 1.807) is 0 Å². The third-order valence-electron chi connectivity index (χ3n) is 3.55. The topological polar surface area (TPSA) is 64.8 Å². The number of benzene rings is 1. The summed E-state index contributed by atoms with van der Waals surface area (Å²) >= 11 is 3.43. The van der Waals surface area contributed by atoms with E-state index in [0.29, 0.717) is 5.82 Å². The summed E-state index contributed by atoms with van der Waals surface area (Å²) in [6.07, 6.45) is 3.84. The molecule has 0 atom stereocenters. The van der Waals surface area contributed by atoms with E-state index >= 15 is 0 Å². The molecule has 0 unspecified atom stereocenters. The molecule has 0 spiro atoms. The Kier molecular flexibility index (Phi) is 5.05. The van der Waals surface area contributed by atoms with Crippen LogP contribution in [0.3, 0.4) is 0 Å². The summed E-state index contributed by atoms with van der Waals surface area (Å²) < 4.78 is 1.81. The van der Waals surface area contributed by atoms with Crippen LogP contribution in [0.1, 0.15) is 11.3 Å². The highest BCUT2D eigenvalue weighted by molar-refractivity contribution is 9.10. The zero-order chi connectivity index (χ0) is 16.9. The third kappa shape index (κ3) is 4.29. The first-order valence-corrected chi connectivity index (χ1v) is 8.43. The van der Waals surface area contributed by atoms with Crippen LogP contribution in [0.5, 0.6) is 0 Å². The van der Waals surface area contributed by atoms with E-state index in [9.17, 15) is 5.21 Å². The van der Waals surface area contributed by atoms with Gasteiger partial charge >= 0.3 is 0 Å². The first-order chi connectivity index (χ1) is 11.6. The summed E-state index contributed by atoms with van der Waals surface area (Å²) in [6.45, 7) is 2.69. The van der Waals surface area contributed by atoms with Crippen LogP contribution in [0.25, 0.3) is 11.4 Å². The Labute approximate surface area is 149 Å². The van der Waals surface area contributed by atoms with E-state index in [1.165, 1.54) is 12.4 Å². The Balaban J connectivity index is 1.69. The fourth-order valence-corrected chi connectivity index (χ4v) is 2.60. The number of rotatable bonds is 5. The number of pyridine rings is 1. The van der Waals surface area contributed by atoms with Crippen molar-refractivity contribution in [3.63, 3.8) is 0 Å². The summed E-state index contributed by atoms with van der Waals surface area (Å²) in [4.78, 5) is 9.09. The van der Waals surface area contributed by atoms with Crippen molar-refractivity contribution in [2.24, 2.45) is 0 Å². The maximum absolute atomic E-state index is 11.0. The Morgan fingerprint density at radius 1 is 1.08 bits per heavy atom. The van der Waals surface area contributed by atoms with Crippen LogP contribution in [0, 0.1) is 12.1 Å². The SMILES string of the molecule is Cc1cc(NCCc2cc[n+]([O-])cc2)nc(-c2ccc(Br)cc2)n1. The van der Waals surface area contributed by atoms with Crippen LogP contribution in [0.4, 0.5) is 5.82 Å². The molecule has 2 heterocycles. The molecule has 0 aliphatic rings. The van der Waals surface area contributed by atoms with Crippen LogP contribution >= 0.6 is 15.9 Å². The number of hydrogen-bond acceptors (Lipinski definition) is 4. The third-order valence-corrected chi connectivity index (χ3v) is 4.08. The molecule has 0 radical (unpaired) electrons. The molecule has 0 aliphatic heterocycles. The van der Waals surface area contributed by atoms with Gasteiger partial charge in [0.25, 0.3) is 0 Å². The molecule has 0 saturated carbocycles. The molecule has 3 aromatic rings. The van der Waals surface area contributed by atoms with E-state index in [4.69, 9.17) is 0 Å². The maximum atomic E-state index is 11.0. The maximum Gasteiger partial charge on any atom is 0.180 e. The number of hydrogen-bond donors (Lipinski definition) is 1. The molecule has 24 heavy (non-hydrogen) atoms. The quantitative estimate of drug-likeness (QED) is 0.539. The van der Waals surface area contributed by atoms with Gasteiger partial charge < -0.3 is 10.5 Å². The molecule has 0 saturated heterocycles. The van der Waals surface area contributed by atoms with Crippen molar-refractivity contribution in [2.45, 2.75) is 13.3 Å². The Bertz CT molecular complexity index is 819. The van der Waals surface area contributed by atoms with Gasteiger partial charge in [0.05, 0.1) is 0 Å². The monoisotopic (exact) mass is 384 g/mol. The van der Waals surface area contributed by atoms with Gasteiger partial charge in [0.2, 0.25) is 0 Å². The van der Waals surface area contributed by atoms with Gasteiger partial charge in [-0.05, 0) is 31.0 Å². The van der Waals surface area contributed by atoms with Crippen LogP contribution < -0.4 is 10.0 Å². The normalized spacial score (nSPS) is 10.6. The van der Waals surface area contributed by atoms with Crippen molar-refractivity contribution >= 4 is 21.7 Å². The van der Waals surface area contributed by atoms with Gasteiger partial charge in [-0.2, -0.15) is 4.73 Å². The van der Waals surface area contributed by atoms with Crippen LogP contribution in [0.2, 0.25) is 0 Å². The van der Waals surface area contributed by atoms with E-state index in [-0.39, 0.29) is 0 Å². The van der Waals surface area contributed by atoms with Gasteiger partial charge in [0.1, 0.15) is 5.82 Å². The molecule has 5 nitrogen and oxygen atoms in total. The standard InChI is InChI=1S/C18H17BrN4O/c1-13-12-17(20-9-6-14-7-10-23(24)11-8-14)22-18(21-13)15-2-4-16(19)5-3-15/h2-5,7-8,10-12H,6,9H2,1H3,(H,20,21,22). The van der Waals surface area contributed by atoms with Gasteiger partial charge in [0.15, 0.2) is 18.2 Å². The van der Waals surface area contributed by atoms with Crippen LogP contribution in [-0.4, -0.2) is 16.5 Å². The fourth-order valence-electron chi connectivity index (χ4n) is 2.33. The smallest absolute Gasteiger partial charge is 0.180 e. The second-order valence-corrected chi connectivity index (χ2v) is 6.38. The summed E-state index contributed by atoms with van der Waals surface area (Å²) in [5.74, 6) is 1.51. The Morgan fingerprint density at radius 3 is 2.50 bits per heavy atom. The predicted octanol–water partition coefficient (Wildman–Crippen LogP) is 3.50. The van der Waals surface area contributed by atoms with E-state index < -0.39 is 0 Å². The lowest BCUT2D eigenvalue weighted by Crippen LogP contribution is -2.24. The highest BCUT2D eigenvalue weighted by Crippen LogP contribution is 2.20. The number of halogens is 1. The fraction of sp³-hybridized carbons (Fsp3) is 0.167. The second-order valence-electron chi connectivity index (χ2n) is 5.47. The highest BCUT2D eigenvalue weighted by Gasteiger charge is 2.05. The molecule has 122 valence electrons. The van der Waals surface area contributed by atoms with Gasteiger partial charge in [0, 0.05) is 40.5 Å². The molecule has 0 fully saturated rings. The molecule has 3 rings (SSSR count). The predicted molar refractivity (Wildman–Crippen MR) is 97.5 cm³/mol. The number of nitrogens with one attached hydrogen (secondary N) is 1. The largest absolute Gasteiger partial charge is 0.619 e. The zero-order valence-corrected chi connectivity index (χ0v) is 14.8. The van der Waals surface area contributed by atoms with Crippen molar-refractivity contribution in [1.82, 2.24) is 9.97 Å². The summed E-state index contributed by atoms with van der Waals surface area (Å²) in [5, 5.41) is 14.4. The lowest BCUT2D eigenvalue weighted by Gasteiger charge is -2.09. The lowest BCUT2D eigenvalue weighted by molar-refractivity contribution is -0.605. The molecule has 1 aromatic carbocycles. The van der Waals surface area contributed by atoms with Gasteiger partial charge in [-0.25, -0.2) is 9.97 Å². The first kappa shape index (κ1) is 16.4. The average molecular weight is 385 g/mol. The second kappa shape index (κ2) is 7.40. The van der Waals surface area contributed by atoms with Crippen molar-refractivity contribution in [3.05, 3.63) is 75.8 Å². The lowest BCUT2D eigenvalue weighted by atomic mass is 10.2. The Morgan fingerprint density at radius 2 is 1.79 bits per heavy atom. The summed E-state index contributed by atoms with van der Waals surface area (Å²) in [7, 11) is 0. The van der Waals surface area contributed by atoms with Crippen LogP contribution in [0.15, 0.2) is 59.3 Å². The van der Waals surface area contributed by atoms with E-state index in [1.807, 2.05) is 49.4 Å². The Hall–Kier alpha value is -2.47. The van der Waals surface area contributed by atoms with Gasteiger partial charge in [-0.15, -0.1) is 0 Å². The van der Waals surface area contributed by atoms with E-state index in [0.717, 1.165) is 44.8 Å². The first-order valence-electron chi connectivity index (χ1n) is 7.63. The number of aryl methyl sites for hydroxylation is 1. The van der Waals surface area contributed by atoms with E-state index in [2.05, 4.69) is 31.2 Å². The minimum absolute atomic E-state index is 0.706. The highest BCUT2D eigenvalue weighted by atomic mass is 79.9. The number of nitrogens with zero attached hydrogens (tertiary/aromatic N) is 3. The van der Waals surface area contributed by atoms with Crippen LogP contribution in [-0.2, 0) is 6.42 Å². The van der Waals surface area contributed by atoms with Crippen molar-refractivity contribution < 1.29 is 4.73 Å². The molecule has 0 aliphatic carbocycles.